The first-order valence-corrected chi connectivity index (χ1v) is 7.37. The van der Waals surface area contributed by atoms with E-state index in [1.807, 2.05) is 24.4 Å². The molecule has 1 saturated carbocycles. The molecular formula is C14H19NO3S. The predicted octanol–water partition coefficient (Wildman–Crippen LogP) is 2.91. The summed E-state index contributed by atoms with van der Waals surface area (Å²) < 4.78 is 0. The number of rotatable bonds is 5. The highest BCUT2D eigenvalue weighted by molar-refractivity contribution is 7.10. The van der Waals surface area contributed by atoms with Crippen molar-refractivity contribution in [3.05, 3.63) is 22.4 Å². The van der Waals surface area contributed by atoms with Crippen LogP contribution in [0.15, 0.2) is 17.5 Å². The van der Waals surface area contributed by atoms with Gasteiger partial charge >= 0.3 is 5.97 Å². The summed E-state index contributed by atoms with van der Waals surface area (Å²) >= 11 is 1.61. The van der Waals surface area contributed by atoms with Crippen molar-refractivity contribution < 1.29 is 14.7 Å². The Morgan fingerprint density at radius 2 is 2.21 bits per heavy atom. The lowest BCUT2D eigenvalue weighted by Crippen LogP contribution is -2.43. The highest BCUT2D eigenvalue weighted by Gasteiger charge is 2.46. The average molecular weight is 281 g/mol. The van der Waals surface area contributed by atoms with E-state index in [2.05, 4.69) is 0 Å². The Morgan fingerprint density at radius 3 is 2.63 bits per heavy atom. The first kappa shape index (κ1) is 14.1. The van der Waals surface area contributed by atoms with Crippen molar-refractivity contribution in [2.24, 2.45) is 5.41 Å². The minimum atomic E-state index is -0.829. The summed E-state index contributed by atoms with van der Waals surface area (Å²) in [5.74, 6) is -0.910. The quantitative estimate of drug-likeness (QED) is 0.902. The molecule has 1 aromatic heterocycles. The molecule has 1 aliphatic rings. The lowest BCUT2D eigenvalue weighted by atomic mass is 9.66. The smallest absolute Gasteiger partial charge is 0.310 e. The Hall–Kier alpha value is -1.36. The van der Waals surface area contributed by atoms with E-state index in [0.29, 0.717) is 12.8 Å². The Bertz CT molecular complexity index is 465. The van der Waals surface area contributed by atoms with Gasteiger partial charge in [0.25, 0.3) is 0 Å². The van der Waals surface area contributed by atoms with Crippen molar-refractivity contribution in [1.29, 1.82) is 0 Å². The molecule has 0 aliphatic heterocycles. The third-order valence-electron chi connectivity index (χ3n) is 4.18. The first-order chi connectivity index (χ1) is 8.96. The number of amides is 1. The number of aliphatic carboxylic acids is 1. The molecule has 1 amide bonds. The maximum atomic E-state index is 12.3. The molecule has 1 aromatic rings. The van der Waals surface area contributed by atoms with Gasteiger partial charge in [0.15, 0.2) is 0 Å². The number of hydrogen-bond acceptors (Lipinski definition) is 3. The monoisotopic (exact) mass is 281 g/mol. The van der Waals surface area contributed by atoms with E-state index in [-0.39, 0.29) is 18.4 Å². The largest absolute Gasteiger partial charge is 0.481 e. The van der Waals surface area contributed by atoms with Crippen LogP contribution in [0.1, 0.15) is 43.5 Å². The molecule has 2 rings (SSSR count). The second-order valence-electron chi connectivity index (χ2n) is 5.31. The van der Waals surface area contributed by atoms with Crippen LogP contribution in [0.25, 0.3) is 0 Å². The van der Waals surface area contributed by atoms with Gasteiger partial charge in [0.1, 0.15) is 0 Å². The van der Waals surface area contributed by atoms with E-state index in [1.54, 1.807) is 23.3 Å². The fourth-order valence-corrected chi connectivity index (χ4v) is 3.25. The number of carbonyl (C=O) groups is 2. The molecular weight excluding hydrogens is 262 g/mol. The lowest BCUT2D eigenvalue weighted by molar-refractivity contribution is -0.159. The zero-order valence-corrected chi connectivity index (χ0v) is 12.1. The molecule has 1 aliphatic carbocycles. The summed E-state index contributed by atoms with van der Waals surface area (Å²) in [5, 5.41) is 11.2. The van der Waals surface area contributed by atoms with Gasteiger partial charge in [-0.25, -0.2) is 0 Å². The topological polar surface area (TPSA) is 57.6 Å². The molecule has 5 heteroatoms. The van der Waals surface area contributed by atoms with Crippen LogP contribution in [0.5, 0.6) is 0 Å². The molecule has 0 spiro atoms. The van der Waals surface area contributed by atoms with Gasteiger partial charge < -0.3 is 10.0 Å². The second-order valence-corrected chi connectivity index (χ2v) is 6.29. The van der Waals surface area contributed by atoms with Crippen molar-refractivity contribution in [2.75, 3.05) is 7.05 Å². The summed E-state index contributed by atoms with van der Waals surface area (Å²) in [4.78, 5) is 26.3. The van der Waals surface area contributed by atoms with E-state index in [4.69, 9.17) is 0 Å². The van der Waals surface area contributed by atoms with Crippen LogP contribution in [-0.4, -0.2) is 28.9 Å². The van der Waals surface area contributed by atoms with Crippen LogP contribution in [0.4, 0.5) is 0 Å². The standard InChI is InChI=1S/C14H19NO3S/c1-10(11-5-3-8-19-11)15(2)12(16)9-14(13(17)18)6-4-7-14/h3,5,8,10H,4,6-7,9H2,1-2H3,(H,17,18). The summed E-state index contributed by atoms with van der Waals surface area (Å²) in [6.45, 7) is 1.97. The maximum Gasteiger partial charge on any atom is 0.310 e. The molecule has 4 nitrogen and oxygen atoms in total. The third-order valence-corrected chi connectivity index (χ3v) is 5.23. The van der Waals surface area contributed by atoms with Gasteiger partial charge in [0.05, 0.1) is 11.5 Å². The number of nitrogens with zero attached hydrogens (tertiary/aromatic N) is 1. The molecule has 1 heterocycles. The van der Waals surface area contributed by atoms with E-state index >= 15 is 0 Å². The molecule has 0 saturated heterocycles. The molecule has 104 valence electrons. The Kier molecular flexibility index (Phi) is 3.94. The SMILES string of the molecule is CC(c1cccs1)N(C)C(=O)CC1(C(=O)O)CCC1. The zero-order valence-electron chi connectivity index (χ0n) is 11.3. The van der Waals surface area contributed by atoms with E-state index in [0.717, 1.165) is 11.3 Å². The molecule has 1 N–H and O–H groups in total. The van der Waals surface area contributed by atoms with Gasteiger partial charge in [-0.15, -0.1) is 11.3 Å². The Balaban J connectivity index is 2.01. The fourth-order valence-electron chi connectivity index (χ4n) is 2.42. The molecule has 1 atom stereocenters. The molecule has 1 fully saturated rings. The van der Waals surface area contributed by atoms with Gasteiger partial charge in [-0.1, -0.05) is 12.5 Å². The minimum Gasteiger partial charge on any atom is -0.481 e. The van der Waals surface area contributed by atoms with Crippen LogP contribution in [0, 0.1) is 5.41 Å². The zero-order chi connectivity index (χ0) is 14.0. The highest BCUT2D eigenvalue weighted by atomic mass is 32.1. The maximum absolute atomic E-state index is 12.3. The molecule has 0 aromatic carbocycles. The molecule has 0 bridgehead atoms. The van der Waals surface area contributed by atoms with Gasteiger partial charge in [-0.05, 0) is 31.2 Å². The lowest BCUT2D eigenvalue weighted by Gasteiger charge is -2.38. The fraction of sp³-hybridized carbons (Fsp3) is 0.571. The van der Waals surface area contributed by atoms with Crippen LogP contribution in [0.2, 0.25) is 0 Å². The van der Waals surface area contributed by atoms with Crippen molar-refractivity contribution in [3.63, 3.8) is 0 Å². The number of carbonyl (C=O) groups excluding carboxylic acids is 1. The third kappa shape index (κ3) is 2.66. The van der Waals surface area contributed by atoms with Crippen molar-refractivity contribution in [1.82, 2.24) is 4.90 Å². The highest BCUT2D eigenvalue weighted by Crippen LogP contribution is 2.44. The Morgan fingerprint density at radius 1 is 1.53 bits per heavy atom. The number of carboxylic acid groups (broad SMARTS) is 1. The number of thiophene rings is 1. The van der Waals surface area contributed by atoms with Gasteiger partial charge in [-0.2, -0.15) is 0 Å². The van der Waals surface area contributed by atoms with E-state index < -0.39 is 11.4 Å². The van der Waals surface area contributed by atoms with Gasteiger partial charge in [-0.3, -0.25) is 9.59 Å². The second kappa shape index (κ2) is 5.33. The van der Waals surface area contributed by atoms with Crippen molar-refractivity contribution in [3.8, 4) is 0 Å². The summed E-state index contributed by atoms with van der Waals surface area (Å²) in [5.41, 5.74) is -0.805. The molecule has 1 unspecified atom stereocenters. The van der Waals surface area contributed by atoms with E-state index in [9.17, 15) is 14.7 Å². The minimum absolute atomic E-state index is 0.00146. The van der Waals surface area contributed by atoms with Crippen molar-refractivity contribution in [2.45, 2.75) is 38.6 Å². The summed E-state index contributed by atoms with van der Waals surface area (Å²) in [6, 6.07) is 3.95. The summed E-state index contributed by atoms with van der Waals surface area (Å²) in [7, 11) is 1.75. The summed E-state index contributed by atoms with van der Waals surface area (Å²) in [6.07, 6.45) is 2.27. The van der Waals surface area contributed by atoms with Crippen molar-refractivity contribution >= 4 is 23.2 Å². The van der Waals surface area contributed by atoms with Crippen LogP contribution in [0.3, 0.4) is 0 Å². The number of carboxylic acids is 1. The van der Waals surface area contributed by atoms with Gasteiger partial charge in [0.2, 0.25) is 5.91 Å². The van der Waals surface area contributed by atoms with Crippen LogP contribution < -0.4 is 0 Å². The Labute approximate surface area is 117 Å². The number of hydrogen-bond donors (Lipinski definition) is 1. The normalized spacial score (nSPS) is 18.4. The molecule has 19 heavy (non-hydrogen) atoms. The van der Waals surface area contributed by atoms with Crippen LogP contribution >= 0.6 is 11.3 Å². The predicted molar refractivity (Wildman–Crippen MR) is 74.0 cm³/mol. The van der Waals surface area contributed by atoms with Crippen LogP contribution in [-0.2, 0) is 9.59 Å². The average Bonchev–Trinajstić information content (AvgIpc) is 2.84. The first-order valence-electron chi connectivity index (χ1n) is 6.49. The van der Waals surface area contributed by atoms with Gasteiger partial charge in [0, 0.05) is 18.3 Å². The van der Waals surface area contributed by atoms with E-state index in [1.165, 1.54) is 0 Å². The molecule has 0 radical (unpaired) electrons.